The Morgan fingerprint density at radius 3 is 2.30 bits per heavy atom. The molecule has 40 heavy (non-hydrogen) atoms. The van der Waals surface area contributed by atoms with Gasteiger partial charge in [0.15, 0.2) is 0 Å². The van der Waals surface area contributed by atoms with Gasteiger partial charge in [0.05, 0.1) is 84.3 Å². The third-order valence-corrected chi connectivity index (χ3v) is 8.05. The molecule has 0 bridgehead atoms. The van der Waals surface area contributed by atoms with Crippen LogP contribution in [-0.2, 0) is 20.8 Å². The smallest absolute Gasteiger partial charge is 0.230 e. The number of benzene rings is 1. The minimum absolute atomic E-state index is 0.0213. The van der Waals surface area contributed by atoms with Crippen LogP contribution in [0.15, 0.2) is 36.5 Å². The van der Waals surface area contributed by atoms with Gasteiger partial charge in [-0.2, -0.15) is 0 Å². The second-order valence-corrected chi connectivity index (χ2v) is 11.1. The van der Waals surface area contributed by atoms with Gasteiger partial charge in [-0.05, 0) is 55.4 Å². The van der Waals surface area contributed by atoms with E-state index in [0.717, 1.165) is 41.5 Å². The zero-order valence-electron chi connectivity index (χ0n) is 22.6. The summed E-state index contributed by atoms with van der Waals surface area (Å²) in [6.07, 6.45) is 3.37. The third kappa shape index (κ3) is 5.76. The van der Waals surface area contributed by atoms with Crippen LogP contribution in [0.2, 0.25) is 10.2 Å². The molecule has 5 rings (SSSR count). The number of fused-ring (bicyclic) bond motifs is 2. The first-order chi connectivity index (χ1) is 18.9. The Hall–Kier alpha value is -2.19. The molecule has 1 saturated carbocycles. The maximum atomic E-state index is 14.1. The maximum absolute atomic E-state index is 14.1. The summed E-state index contributed by atoms with van der Waals surface area (Å²) < 4.78 is 11.5. The molecule has 14 heteroatoms. The first kappa shape index (κ1) is 29.3. The minimum Gasteiger partial charge on any atom is -0.385 e. The fourth-order valence-electron chi connectivity index (χ4n) is 5.62. The molecule has 1 N–H and O–H groups in total. The number of rotatable bonds is 6. The number of amides is 1. The van der Waals surface area contributed by atoms with Gasteiger partial charge < -0.3 is 24.6 Å². The number of hydrogen-bond donors (Lipinski definition) is 1. The molecule has 7 nitrogen and oxygen atoms in total. The average molecular weight is 519 g/mol. The molecule has 0 unspecified atom stereocenters. The Kier molecular flexibility index (Phi) is 8.24. The number of carbonyl (C=O) groups is 1. The summed E-state index contributed by atoms with van der Waals surface area (Å²) in [4.78, 5) is 22.8. The number of aromatic nitrogens is 1. The highest BCUT2D eigenvalue weighted by molar-refractivity contribution is 6.69. The number of ether oxygens (including phenoxy) is 2. The Balaban J connectivity index is 1.37. The summed E-state index contributed by atoms with van der Waals surface area (Å²) in [5, 5.41) is -0.765. The number of morpholine rings is 1. The molecule has 1 saturated heterocycles. The number of anilines is 4. The normalized spacial score (nSPS) is 22.0. The molecule has 3 aliphatic rings. The van der Waals surface area contributed by atoms with Crippen molar-refractivity contribution in [1.82, 2.24) is 4.98 Å². The van der Waals surface area contributed by atoms with Crippen LogP contribution in [0.1, 0.15) is 31.2 Å². The minimum atomic E-state index is -2.11. The summed E-state index contributed by atoms with van der Waals surface area (Å²) >= 11 is 0. The lowest BCUT2D eigenvalue weighted by Gasteiger charge is -2.56. The summed E-state index contributed by atoms with van der Waals surface area (Å²) in [7, 11) is 41.2. The molecule has 0 atom stereocenters. The lowest BCUT2D eigenvalue weighted by atomic mass is 9.19. The molecule has 1 amide bonds. The van der Waals surface area contributed by atoms with Crippen molar-refractivity contribution >= 4 is 83.7 Å². The summed E-state index contributed by atoms with van der Waals surface area (Å²) in [6.45, 7) is 3.31. The fraction of sp³-hybridized carbons (Fsp3) is 0.538. The Morgan fingerprint density at radius 1 is 0.975 bits per heavy atom. The second kappa shape index (κ2) is 11.2. The van der Waals surface area contributed by atoms with E-state index in [9.17, 15) is 4.79 Å². The Bertz CT molecular complexity index is 1210. The van der Waals surface area contributed by atoms with Crippen LogP contribution in [0.5, 0.6) is 0 Å². The summed E-state index contributed by atoms with van der Waals surface area (Å²) in [6, 6.07) is 9.99. The van der Waals surface area contributed by atoms with E-state index >= 15 is 0 Å². The molecule has 2 aliphatic heterocycles. The highest BCUT2D eigenvalue weighted by atomic mass is 16.5. The van der Waals surface area contributed by atoms with Gasteiger partial charge in [-0.15, -0.1) is 10.2 Å². The SMILES string of the molecule is [B]C([B])([B])C([B])(OC1CCC(C(=O)N2Cc3cccnc3Nc3ccc(N4CCOCC4)cc32)CC1)C([B])([B])[B]. The van der Waals surface area contributed by atoms with Crippen molar-refractivity contribution in [3.05, 3.63) is 42.1 Å². The summed E-state index contributed by atoms with van der Waals surface area (Å²) in [5.41, 5.74) is 1.50. The molecular formula is C26H27B7N4O3. The first-order valence-corrected chi connectivity index (χ1v) is 13.6. The molecular weight excluding hydrogens is 492 g/mol. The number of nitrogens with one attached hydrogen (secondary N) is 1. The predicted molar refractivity (Wildman–Crippen MR) is 163 cm³/mol. The van der Waals surface area contributed by atoms with E-state index in [4.69, 9.17) is 64.4 Å². The van der Waals surface area contributed by atoms with Crippen molar-refractivity contribution in [2.75, 3.05) is 41.4 Å². The van der Waals surface area contributed by atoms with Gasteiger partial charge in [-0.3, -0.25) is 4.79 Å². The molecule has 1 aliphatic carbocycles. The van der Waals surface area contributed by atoms with Crippen molar-refractivity contribution < 1.29 is 14.3 Å². The van der Waals surface area contributed by atoms with Crippen LogP contribution in [-0.4, -0.2) is 104 Å². The highest BCUT2D eigenvalue weighted by Gasteiger charge is 2.46. The Morgan fingerprint density at radius 2 is 1.65 bits per heavy atom. The molecule has 0 spiro atoms. The third-order valence-electron chi connectivity index (χ3n) is 8.05. The van der Waals surface area contributed by atoms with Crippen molar-refractivity contribution in [2.24, 2.45) is 5.92 Å². The zero-order valence-corrected chi connectivity index (χ0v) is 22.6. The molecule has 1 aromatic carbocycles. The lowest BCUT2D eigenvalue weighted by molar-refractivity contribution is -0.125. The number of carbonyl (C=O) groups excluding carboxylic acids is 1. The van der Waals surface area contributed by atoms with Crippen molar-refractivity contribution in [2.45, 2.75) is 54.1 Å². The van der Waals surface area contributed by atoms with Crippen molar-refractivity contribution in [3.8, 4) is 0 Å². The van der Waals surface area contributed by atoms with E-state index in [0.29, 0.717) is 45.4 Å². The Labute approximate surface area is 246 Å². The van der Waals surface area contributed by atoms with Crippen molar-refractivity contribution in [3.63, 3.8) is 0 Å². The van der Waals surface area contributed by atoms with Crippen LogP contribution in [0.25, 0.3) is 0 Å². The van der Waals surface area contributed by atoms with Crippen LogP contribution >= 0.6 is 0 Å². The van der Waals surface area contributed by atoms with Crippen LogP contribution in [0, 0.1) is 5.92 Å². The monoisotopic (exact) mass is 520 g/mol. The quantitative estimate of drug-likeness (QED) is 0.578. The average Bonchev–Trinajstić information content (AvgIpc) is 3.08. The molecule has 190 valence electrons. The predicted octanol–water partition coefficient (Wildman–Crippen LogP) is 1.11. The molecule has 2 aromatic rings. The largest absolute Gasteiger partial charge is 0.385 e. The van der Waals surface area contributed by atoms with Gasteiger partial charge in [-0.1, -0.05) is 6.07 Å². The molecule has 3 heterocycles. The lowest BCUT2D eigenvalue weighted by Crippen LogP contribution is -2.59. The first-order valence-electron chi connectivity index (χ1n) is 13.6. The maximum Gasteiger partial charge on any atom is 0.230 e. The van der Waals surface area contributed by atoms with Gasteiger partial charge in [-0.25, -0.2) is 4.98 Å². The second-order valence-electron chi connectivity index (χ2n) is 11.1. The van der Waals surface area contributed by atoms with E-state index in [1.54, 1.807) is 6.20 Å². The van der Waals surface area contributed by atoms with Gasteiger partial charge >= 0.3 is 0 Å². The van der Waals surface area contributed by atoms with Crippen molar-refractivity contribution in [1.29, 1.82) is 0 Å². The molecule has 14 radical (unpaired) electrons. The van der Waals surface area contributed by atoms with Gasteiger partial charge in [0.1, 0.15) is 13.7 Å². The van der Waals surface area contributed by atoms with E-state index in [1.165, 1.54) is 0 Å². The van der Waals surface area contributed by atoms with Gasteiger partial charge in [0, 0.05) is 36.5 Å². The van der Waals surface area contributed by atoms with E-state index in [2.05, 4.69) is 27.3 Å². The van der Waals surface area contributed by atoms with Crippen LogP contribution in [0.4, 0.5) is 22.9 Å². The molecule has 2 fully saturated rings. The van der Waals surface area contributed by atoms with Crippen LogP contribution in [0.3, 0.4) is 0 Å². The standard InChI is InChI=1S/C26H27B7N4O3/c27-24(25(28,29)30,26(31,32)33)40-19-6-3-16(4-7-19)23(38)37-15-17-2-1-9-34-22(17)35-20-8-5-18(14-21(20)37)36-10-12-39-13-11-36/h1-2,5,8-9,14,16,19H,3-4,6-7,10-13,15H2,(H,34,35). The van der Waals surface area contributed by atoms with E-state index in [1.807, 2.05) is 23.1 Å². The van der Waals surface area contributed by atoms with Gasteiger partial charge in [0.25, 0.3) is 0 Å². The van der Waals surface area contributed by atoms with Crippen LogP contribution < -0.4 is 15.1 Å². The zero-order chi connectivity index (χ0) is 28.7. The number of hydrogen-bond acceptors (Lipinski definition) is 6. The summed E-state index contributed by atoms with van der Waals surface area (Å²) in [5.74, 6) is 0.507. The molecule has 1 aromatic heterocycles. The topological polar surface area (TPSA) is 66.9 Å². The van der Waals surface area contributed by atoms with E-state index < -0.39 is 21.8 Å². The number of nitrogens with zero attached hydrogens (tertiary/aromatic N) is 3. The fourth-order valence-corrected chi connectivity index (χ4v) is 5.62. The van der Waals surface area contributed by atoms with E-state index in [-0.39, 0.29) is 11.8 Å². The number of pyridine rings is 1. The highest BCUT2D eigenvalue weighted by Crippen LogP contribution is 2.46. The van der Waals surface area contributed by atoms with Gasteiger partial charge in [0.2, 0.25) is 5.91 Å².